The van der Waals surface area contributed by atoms with E-state index < -0.39 is 21.9 Å². The van der Waals surface area contributed by atoms with Crippen LogP contribution in [-0.4, -0.2) is 56.2 Å². The van der Waals surface area contributed by atoms with Crippen molar-refractivity contribution in [2.45, 2.75) is 77.9 Å². The lowest BCUT2D eigenvalue weighted by Gasteiger charge is -2.44. The maximum absolute atomic E-state index is 13.7. The minimum atomic E-state index is -3.14. The second kappa shape index (κ2) is 10.8. The van der Waals surface area contributed by atoms with Gasteiger partial charge in [-0.1, -0.05) is 31.1 Å². The molecule has 2 atom stereocenters. The summed E-state index contributed by atoms with van der Waals surface area (Å²) >= 11 is 1.09. The van der Waals surface area contributed by atoms with Gasteiger partial charge in [0, 0.05) is 17.4 Å². The van der Waals surface area contributed by atoms with Crippen LogP contribution in [0.4, 0.5) is 5.69 Å². The number of amides is 1. The zero-order chi connectivity index (χ0) is 25.1. The number of thiophene rings is 1. The summed E-state index contributed by atoms with van der Waals surface area (Å²) in [5.41, 5.74) is 0.144. The topological polar surface area (TPSA) is 101 Å². The quantitative estimate of drug-likeness (QED) is 0.549. The van der Waals surface area contributed by atoms with Gasteiger partial charge >= 0.3 is 5.97 Å². The summed E-state index contributed by atoms with van der Waals surface area (Å²) in [5.74, 6) is 5.07. The van der Waals surface area contributed by atoms with Crippen molar-refractivity contribution >= 4 is 38.7 Å². The normalized spacial score (nSPS) is 22.4. The monoisotopic (exact) mass is 509 g/mol. The molecule has 3 rings (SSSR count). The molecule has 1 amide bonds. The van der Waals surface area contributed by atoms with Crippen molar-refractivity contribution in [3.8, 4) is 11.8 Å². The average molecular weight is 510 g/mol. The van der Waals surface area contributed by atoms with E-state index in [-0.39, 0.29) is 40.3 Å². The number of nitrogens with zero attached hydrogens (tertiary/aromatic N) is 1. The Balaban J connectivity index is 1.97. The number of anilines is 1. The molecule has 1 unspecified atom stereocenters. The summed E-state index contributed by atoms with van der Waals surface area (Å²) in [6, 6.07) is 1.48. The Morgan fingerprint density at radius 2 is 1.94 bits per heavy atom. The van der Waals surface area contributed by atoms with Crippen LogP contribution in [0.25, 0.3) is 0 Å². The molecule has 34 heavy (non-hydrogen) atoms. The van der Waals surface area contributed by atoms with E-state index in [1.165, 1.54) is 6.26 Å². The SMILES string of the molecule is CC(C)(C)C#Cc1cc(N2C(=O)[C@@H](CCCS(C)(=O)=O)OCC2C2CCCCC2)c(C(=O)O)s1. The predicted octanol–water partition coefficient (Wildman–Crippen LogP) is 4.35. The van der Waals surface area contributed by atoms with Crippen molar-refractivity contribution in [1.29, 1.82) is 0 Å². The highest BCUT2D eigenvalue weighted by molar-refractivity contribution is 7.90. The van der Waals surface area contributed by atoms with E-state index in [9.17, 15) is 23.1 Å². The second-order valence-corrected chi connectivity index (χ2v) is 13.7. The lowest BCUT2D eigenvalue weighted by molar-refractivity contribution is -0.138. The van der Waals surface area contributed by atoms with Gasteiger partial charge in [-0.05, 0) is 58.4 Å². The molecule has 1 saturated carbocycles. The molecule has 1 aliphatic heterocycles. The number of rotatable bonds is 7. The van der Waals surface area contributed by atoms with Gasteiger partial charge in [0.05, 0.1) is 23.2 Å². The molecule has 9 heteroatoms. The maximum atomic E-state index is 13.7. The Bertz CT molecular complexity index is 1070. The minimum absolute atomic E-state index is 0.0163. The number of hydrogen-bond donors (Lipinski definition) is 1. The van der Waals surface area contributed by atoms with E-state index >= 15 is 0 Å². The van der Waals surface area contributed by atoms with Gasteiger partial charge in [-0.2, -0.15) is 0 Å². The zero-order valence-corrected chi connectivity index (χ0v) is 22.1. The molecule has 0 spiro atoms. The molecule has 1 aromatic rings. The predicted molar refractivity (Wildman–Crippen MR) is 134 cm³/mol. The molecular weight excluding hydrogens is 474 g/mol. The molecule has 0 radical (unpaired) electrons. The number of morpholine rings is 1. The largest absolute Gasteiger partial charge is 0.477 e. The van der Waals surface area contributed by atoms with Crippen molar-refractivity contribution in [1.82, 2.24) is 0 Å². The lowest BCUT2D eigenvalue weighted by Crippen LogP contribution is -2.57. The van der Waals surface area contributed by atoms with E-state index in [0.717, 1.165) is 43.4 Å². The molecule has 2 heterocycles. The van der Waals surface area contributed by atoms with Gasteiger partial charge in [0.15, 0.2) is 0 Å². The van der Waals surface area contributed by atoms with Gasteiger partial charge in [0.1, 0.15) is 20.8 Å². The number of sulfone groups is 1. The molecule has 188 valence electrons. The fourth-order valence-electron chi connectivity index (χ4n) is 4.60. The molecule has 2 fully saturated rings. The van der Waals surface area contributed by atoms with Crippen LogP contribution in [0.3, 0.4) is 0 Å². The summed E-state index contributed by atoms with van der Waals surface area (Å²) in [4.78, 5) is 28.2. The first-order valence-electron chi connectivity index (χ1n) is 11.9. The van der Waals surface area contributed by atoms with Crippen LogP contribution in [-0.2, 0) is 19.4 Å². The number of carbonyl (C=O) groups is 2. The van der Waals surface area contributed by atoms with Crippen LogP contribution in [0, 0.1) is 23.2 Å². The van der Waals surface area contributed by atoms with E-state index in [0.29, 0.717) is 23.6 Å². The molecule has 0 aromatic carbocycles. The standard InChI is InChI=1S/C25H35NO6S2/c1-25(2,3)13-12-18-15-19(22(33-18)24(28)29)26-20(17-9-6-5-7-10-17)16-32-21(23(26)27)11-8-14-34(4,30)31/h15,17,20-21H,5-11,14,16H2,1-4H3,(H,28,29)/t20?,21-/m1/s1. The summed E-state index contributed by atoms with van der Waals surface area (Å²) in [5, 5.41) is 9.94. The number of aromatic carboxylic acids is 1. The van der Waals surface area contributed by atoms with Crippen molar-refractivity contribution in [3.05, 3.63) is 15.8 Å². The highest BCUT2D eigenvalue weighted by Crippen LogP contribution is 2.39. The Labute approximate surface area is 206 Å². The zero-order valence-electron chi connectivity index (χ0n) is 20.4. The number of carboxylic acids is 1. The smallest absolute Gasteiger partial charge is 0.348 e. The molecule has 1 saturated heterocycles. The van der Waals surface area contributed by atoms with Crippen LogP contribution < -0.4 is 4.90 Å². The third-order valence-corrected chi connectivity index (χ3v) is 8.27. The highest BCUT2D eigenvalue weighted by atomic mass is 32.2. The van der Waals surface area contributed by atoms with Gasteiger partial charge in [0.2, 0.25) is 0 Å². The first kappa shape index (κ1) is 26.7. The van der Waals surface area contributed by atoms with Crippen molar-refractivity contribution < 1.29 is 27.9 Å². The van der Waals surface area contributed by atoms with Crippen LogP contribution in [0.15, 0.2) is 6.07 Å². The van der Waals surface area contributed by atoms with Gasteiger partial charge in [-0.15, -0.1) is 11.3 Å². The fourth-order valence-corrected chi connectivity index (χ4v) is 6.14. The first-order valence-corrected chi connectivity index (χ1v) is 14.8. The molecule has 0 bridgehead atoms. The van der Waals surface area contributed by atoms with Gasteiger partial charge in [0.25, 0.3) is 5.91 Å². The molecule has 7 nitrogen and oxygen atoms in total. The van der Waals surface area contributed by atoms with Gasteiger partial charge in [-0.3, -0.25) is 4.79 Å². The number of ether oxygens (including phenoxy) is 1. The Hall–Kier alpha value is -1.89. The molecule has 1 N–H and O–H groups in total. The minimum Gasteiger partial charge on any atom is -0.477 e. The molecule has 1 aromatic heterocycles. The van der Waals surface area contributed by atoms with Crippen molar-refractivity contribution in [2.24, 2.45) is 11.3 Å². The van der Waals surface area contributed by atoms with E-state index in [4.69, 9.17) is 4.74 Å². The number of carbonyl (C=O) groups excluding carboxylic acids is 1. The molecular formula is C25H35NO6S2. The third-order valence-electron chi connectivity index (χ3n) is 6.22. The van der Waals surface area contributed by atoms with Crippen LogP contribution in [0.2, 0.25) is 0 Å². The lowest BCUT2D eigenvalue weighted by atomic mass is 9.82. The van der Waals surface area contributed by atoms with E-state index in [2.05, 4.69) is 11.8 Å². The first-order chi connectivity index (χ1) is 15.9. The Morgan fingerprint density at radius 3 is 2.53 bits per heavy atom. The summed E-state index contributed by atoms with van der Waals surface area (Å²) in [6.07, 6.45) is 6.26. The average Bonchev–Trinajstić information content (AvgIpc) is 3.17. The van der Waals surface area contributed by atoms with Crippen LogP contribution in [0.1, 0.15) is 80.3 Å². The molecule has 1 aliphatic carbocycles. The van der Waals surface area contributed by atoms with Crippen molar-refractivity contribution in [2.75, 3.05) is 23.5 Å². The van der Waals surface area contributed by atoms with Gasteiger partial charge < -0.3 is 14.7 Å². The maximum Gasteiger partial charge on any atom is 0.348 e. The fraction of sp³-hybridized carbons (Fsp3) is 0.680. The molecule has 2 aliphatic rings. The third kappa shape index (κ3) is 7.06. The number of hydrogen-bond acceptors (Lipinski definition) is 6. The van der Waals surface area contributed by atoms with Crippen molar-refractivity contribution in [3.63, 3.8) is 0 Å². The van der Waals surface area contributed by atoms with E-state index in [1.54, 1.807) is 11.0 Å². The van der Waals surface area contributed by atoms with Crippen LogP contribution >= 0.6 is 11.3 Å². The van der Waals surface area contributed by atoms with Crippen LogP contribution in [0.5, 0.6) is 0 Å². The summed E-state index contributed by atoms with van der Waals surface area (Å²) in [6.45, 7) is 6.27. The summed E-state index contributed by atoms with van der Waals surface area (Å²) < 4.78 is 29.0. The second-order valence-electron chi connectivity index (χ2n) is 10.4. The summed E-state index contributed by atoms with van der Waals surface area (Å²) in [7, 11) is -3.14. The highest BCUT2D eigenvalue weighted by Gasteiger charge is 2.42. The number of carboxylic acid groups (broad SMARTS) is 1. The Kier molecular flexibility index (Phi) is 8.48. The Morgan fingerprint density at radius 1 is 1.26 bits per heavy atom. The van der Waals surface area contributed by atoms with E-state index in [1.807, 2.05) is 20.8 Å². The van der Waals surface area contributed by atoms with Gasteiger partial charge in [-0.25, -0.2) is 13.2 Å².